The van der Waals surface area contributed by atoms with Crippen molar-refractivity contribution in [1.29, 1.82) is 0 Å². The van der Waals surface area contributed by atoms with Crippen molar-refractivity contribution < 1.29 is 4.74 Å². The number of hydrogen-bond acceptors (Lipinski definition) is 2. The van der Waals surface area contributed by atoms with E-state index in [0.29, 0.717) is 12.0 Å². The van der Waals surface area contributed by atoms with E-state index in [9.17, 15) is 0 Å². The Morgan fingerprint density at radius 2 is 1.90 bits per heavy atom. The Bertz CT molecular complexity index is 468. The lowest BCUT2D eigenvalue weighted by Gasteiger charge is -2.45. The number of nitrogens with zero attached hydrogens (tertiary/aromatic N) is 1. The average molecular weight is 273 g/mol. The van der Waals surface area contributed by atoms with Crippen molar-refractivity contribution in [3.05, 3.63) is 29.3 Å². The third-order valence-electron chi connectivity index (χ3n) is 5.32. The van der Waals surface area contributed by atoms with Gasteiger partial charge in [-0.05, 0) is 62.5 Å². The number of likely N-dealkylation sites (N-methyl/N-ethyl adjacent to an activating group) is 1. The number of ether oxygens (including phenoxy) is 1. The van der Waals surface area contributed by atoms with Crippen molar-refractivity contribution in [2.24, 2.45) is 5.92 Å². The second-order valence-electron chi connectivity index (χ2n) is 6.73. The highest BCUT2D eigenvalue weighted by atomic mass is 16.5. The SMILES string of the molecule is COc1ccc2c(c1)[C@H]1CCCCC[C@@H](C2)[C@@H]1N(C)C. The Labute approximate surface area is 123 Å². The van der Waals surface area contributed by atoms with Crippen LogP contribution >= 0.6 is 0 Å². The Kier molecular flexibility index (Phi) is 4.02. The zero-order chi connectivity index (χ0) is 14.1. The lowest BCUT2D eigenvalue weighted by molar-refractivity contribution is 0.137. The third kappa shape index (κ3) is 2.46. The summed E-state index contributed by atoms with van der Waals surface area (Å²) in [6, 6.07) is 7.44. The fourth-order valence-corrected chi connectivity index (χ4v) is 4.47. The van der Waals surface area contributed by atoms with E-state index in [4.69, 9.17) is 4.74 Å². The summed E-state index contributed by atoms with van der Waals surface area (Å²) in [6.07, 6.45) is 8.17. The fourth-order valence-electron chi connectivity index (χ4n) is 4.47. The summed E-state index contributed by atoms with van der Waals surface area (Å²) >= 11 is 0. The molecule has 1 aromatic carbocycles. The van der Waals surface area contributed by atoms with Gasteiger partial charge in [-0.3, -0.25) is 0 Å². The van der Waals surface area contributed by atoms with Crippen LogP contribution in [-0.2, 0) is 6.42 Å². The van der Waals surface area contributed by atoms with Crippen LogP contribution in [0.1, 0.15) is 49.1 Å². The molecule has 2 bridgehead atoms. The molecule has 1 saturated carbocycles. The van der Waals surface area contributed by atoms with Gasteiger partial charge < -0.3 is 9.64 Å². The van der Waals surface area contributed by atoms with Gasteiger partial charge in [0.1, 0.15) is 5.75 Å². The van der Waals surface area contributed by atoms with Gasteiger partial charge in [-0.15, -0.1) is 0 Å². The molecule has 0 heterocycles. The van der Waals surface area contributed by atoms with Gasteiger partial charge >= 0.3 is 0 Å². The van der Waals surface area contributed by atoms with Crippen LogP contribution < -0.4 is 4.74 Å². The van der Waals surface area contributed by atoms with E-state index in [0.717, 1.165) is 11.7 Å². The molecule has 3 atom stereocenters. The third-order valence-corrected chi connectivity index (χ3v) is 5.32. The van der Waals surface area contributed by atoms with Gasteiger partial charge in [-0.25, -0.2) is 0 Å². The molecule has 110 valence electrons. The van der Waals surface area contributed by atoms with Crippen LogP contribution in [0, 0.1) is 5.92 Å². The van der Waals surface area contributed by atoms with Crippen molar-refractivity contribution in [3.63, 3.8) is 0 Å². The molecule has 2 nitrogen and oxygen atoms in total. The Hall–Kier alpha value is -1.02. The van der Waals surface area contributed by atoms with E-state index in [1.165, 1.54) is 38.5 Å². The van der Waals surface area contributed by atoms with Crippen LogP contribution in [0.3, 0.4) is 0 Å². The largest absolute Gasteiger partial charge is 0.497 e. The quantitative estimate of drug-likeness (QED) is 0.811. The van der Waals surface area contributed by atoms with Gasteiger partial charge in [0.25, 0.3) is 0 Å². The van der Waals surface area contributed by atoms with E-state index >= 15 is 0 Å². The van der Waals surface area contributed by atoms with E-state index in [1.54, 1.807) is 18.2 Å². The van der Waals surface area contributed by atoms with Crippen molar-refractivity contribution in [1.82, 2.24) is 4.90 Å². The predicted molar refractivity (Wildman–Crippen MR) is 83.5 cm³/mol. The maximum absolute atomic E-state index is 5.46. The standard InChI is InChI=1S/C18H27NO/c1-19(2)18-14-7-5-4-6-8-16(18)17-12-15(20-3)10-9-13(17)11-14/h9-10,12,14,16,18H,4-8,11H2,1-3H3/t14-,16+,18-/m0/s1. The van der Waals surface area contributed by atoms with Crippen LogP contribution in [0.15, 0.2) is 18.2 Å². The maximum atomic E-state index is 5.46. The maximum Gasteiger partial charge on any atom is 0.119 e. The Morgan fingerprint density at radius 3 is 2.65 bits per heavy atom. The van der Waals surface area contributed by atoms with E-state index < -0.39 is 0 Å². The summed E-state index contributed by atoms with van der Waals surface area (Å²) in [6.45, 7) is 0. The van der Waals surface area contributed by atoms with Crippen molar-refractivity contribution in [3.8, 4) is 5.75 Å². The molecule has 0 aromatic heterocycles. The number of methoxy groups -OCH3 is 1. The number of fused-ring (bicyclic) bond motifs is 4. The molecule has 2 heteroatoms. The minimum atomic E-state index is 0.689. The number of hydrogen-bond donors (Lipinski definition) is 0. The van der Waals surface area contributed by atoms with Crippen molar-refractivity contribution in [2.45, 2.75) is 50.5 Å². The highest BCUT2D eigenvalue weighted by molar-refractivity contribution is 5.41. The first kappa shape index (κ1) is 13.9. The summed E-state index contributed by atoms with van der Waals surface area (Å²) in [7, 11) is 6.30. The van der Waals surface area contributed by atoms with Crippen LogP contribution in [0.5, 0.6) is 5.75 Å². The molecule has 2 aliphatic rings. The lowest BCUT2D eigenvalue weighted by Crippen LogP contribution is -2.45. The molecule has 1 fully saturated rings. The fraction of sp³-hybridized carbons (Fsp3) is 0.667. The summed E-state index contributed by atoms with van der Waals surface area (Å²) < 4.78 is 5.46. The van der Waals surface area contributed by atoms with Gasteiger partial charge in [0.05, 0.1) is 7.11 Å². The molecule has 0 spiro atoms. The van der Waals surface area contributed by atoms with Gasteiger partial charge in [-0.1, -0.05) is 25.3 Å². The minimum Gasteiger partial charge on any atom is -0.497 e. The van der Waals surface area contributed by atoms with Gasteiger partial charge in [0.2, 0.25) is 0 Å². The van der Waals surface area contributed by atoms with E-state index in [1.807, 2.05) is 0 Å². The molecular formula is C18H27NO. The molecule has 20 heavy (non-hydrogen) atoms. The van der Waals surface area contributed by atoms with E-state index in [2.05, 4.69) is 37.2 Å². The molecule has 1 aromatic rings. The smallest absolute Gasteiger partial charge is 0.119 e. The normalized spacial score (nSPS) is 29.5. The first-order chi connectivity index (χ1) is 9.70. The highest BCUT2D eigenvalue weighted by Crippen LogP contribution is 2.44. The van der Waals surface area contributed by atoms with Gasteiger partial charge in [-0.2, -0.15) is 0 Å². The highest BCUT2D eigenvalue weighted by Gasteiger charge is 2.38. The second kappa shape index (κ2) is 5.77. The summed E-state index contributed by atoms with van der Waals surface area (Å²) in [4.78, 5) is 2.48. The molecule has 0 N–H and O–H groups in total. The molecule has 0 aliphatic heterocycles. The summed E-state index contributed by atoms with van der Waals surface area (Å²) in [5.74, 6) is 2.53. The molecule has 0 saturated heterocycles. The van der Waals surface area contributed by atoms with Crippen LogP contribution in [0.2, 0.25) is 0 Å². The number of rotatable bonds is 2. The first-order valence-electron chi connectivity index (χ1n) is 8.04. The van der Waals surface area contributed by atoms with Crippen molar-refractivity contribution >= 4 is 0 Å². The summed E-state index contributed by atoms with van der Waals surface area (Å²) in [5.41, 5.74) is 3.13. The molecule has 0 radical (unpaired) electrons. The molecular weight excluding hydrogens is 246 g/mol. The second-order valence-corrected chi connectivity index (χ2v) is 6.73. The van der Waals surface area contributed by atoms with Gasteiger partial charge in [0, 0.05) is 12.0 Å². The first-order valence-corrected chi connectivity index (χ1v) is 8.04. The topological polar surface area (TPSA) is 12.5 Å². The average Bonchev–Trinajstić information content (AvgIpc) is 2.43. The monoisotopic (exact) mass is 273 g/mol. The molecule has 0 unspecified atom stereocenters. The minimum absolute atomic E-state index is 0.689. The Morgan fingerprint density at radius 1 is 1.10 bits per heavy atom. The number of benzene rings is 1. The molecule has 2 aliphatic carbocycles. The zero-order valence-electron chi connectivity index (χ0n) is 13.1. The zero-order valence-corrected chi connectivity index (χ0v) is 13.1. The van der Waals surface area contributed by atoms with Gasteiger partial charge in [0.15, 0.2) is 0 Å². The van der Waals surface area contributed by atoms with Crippen molar-refractivity contribution in [2.75, 3.05) is 21.2 Å². The van der Waals surface area contributed by atoms with Crippen LogP contribution in [0.4, 0.5) is 0 Å². The molecule has 3 rings (SSSR count). The molecule has 0 amide bonds. The van der Waals surface area contributed by atoms with E-state index in [-0.39, 0.29) is 0 Å². The summed E-state index contributed by atoms with van der Waals surface area (Å²) in [5, 5.41) is 0. The van der Waals surface area contributed by atoms with Crippen LogP contribution in [0.25, 0.3) is 0 Å². The predicted octanol–water partition coefficient (Wildman–Crippen LogP) is 3.85. The Balaban J connectivity index is 2.03. The lowest BCUT2D eigenvalue weighted by atomic mass is 9.68. The van der Waals surface area contributed by atoms with Crippen LogP contribution in [-0.4, -0.2) is 32.1 Å².